The minimum absolute atomic E-state index is 0.324. The van der Waals surface area contributed by atoms with E-state index in [9.17, 15) is 4.39 Å². The number of halogens is 1. The first-order valence-corrected chi connectivity index (χ1v) is 11.2. The molecule has 1 aliphatic heterocycles. The summed E-state index contributed by atoms with van der Waals surface area (Å²) in [5.41, 5.74) is 11.2. The van der Waals surface area contributed by atoms with Gasteiger partial charge in [0.25, 0.3) is 0 Å². The normalized spacial score (nSPS) is 14.4. The lowest BCUT2D eigenvalue weighted by Gasteiger charge is -2.34. The molecule has 34 heavy (non-hydrogen) atoms. The highest BCUT2D eigenvalue weighted by Gasteiger charge is 2.20. The first-order chi connectivity index (χ1) is 16.5. The molecule has 1 fully saturated rings. The molecule has 1 aliphatic rings. The smallest absolute Gasteiger partial charge is 0.128 e. The van der Waals surface area contributed by atoms with Crippen molar-refractivity contribution in [2.45, 2.75) is 0 Å². The van der Waals surface area contributed by atoms with Crippen molar-refractivity contribution in [1.29, 1.82) is 0 Å². The Bertz CT molecular complexity index is 1310. The van der Waals surface area contributed by atoms with Gasteiger partial charge in [-0.15, -0.1) is 0 Å². The van der Waals surface area contributed by atoms with Gasteiger partial charge in [-0.25, -0.2) is 14.1 Å². The Morgan fingerprint density at radius 1 is 0.912 bits per heavy atom. The maximum Gasteiger partial charge on any atom is 0.128 e. The Hall–Kier alpha value is -3.91. The maximum atomic E-state index is 13.9. The largest absolute Gasteiger partial charge is 0.496 e. The molecule has 0 unspecified atom stereocenters. The van der Waals surface area contributed by atoms with Crippen molar-refractivity contribution in [2.75, 3.05) is 51.0 Å². The average Bonchev–Trinajstić information content (AvgIpc) is 3.34. The van der Waals surface area contributed by atoms with Crippen LogP contribution in [0.15, 0.2) is 67.0 Å². The van der Waals surface area contributed by atoms with Crippen LogP contribution in [-0.4, -0.2) is 60.0 Å². The van der Waals surface area contributed by atoms with Gasteiger partial charge in [0.05, 0.1) is 24.7 Å². The molecule has 0 bridgehead atoms. The highest BCUT2D eigenvalue weighted by Crippen LogP contribution is 2.40. The molecule has 0 amide bonds. The van der Waals surface area contributed by atoms with E-state index in [2.05, 4.69) is 45.1 Å². The van der Waals surface area contributed by atoms with Gasteiger partial charge < -0.3 is 20.3 Å². The van der Waals surface area contributed by atoms with Gasteiger partial charge in [-0.05, 0) is 49.5 Å². The Balaban J connectivity index is 1.59. The van der Waals surface area contributed by atoms with Crippen LogP contribution in [0.4, 0.5) is 15.9 Å². The van der Waals surface area contributed by atoms with Crippen LogP contribution in [0.1, 0.15) is 0 Å². The highest BCUT2D eigenvalue weighted by molar-refractivity contribution is 5.87. The quantitative estimate of drug-likeness (QED) is 0.486. The van der Waals surface area contributed by atoms with E-state index in [0.29, 0.717) is 11.5 Å². The van der Waals surface area contributed by atoms with E-state index in [0.717, 1.165) is 60.0 Å². The molecular formula is C26H27FN6O. The van der Waals surface area contributed by atoms with E-state index >= 15 is 0 Å². The van der Waals surface area contributed by atoms with E-state index in [4.69, 9.17) is 10.5 Å². The number of benzene rings is 2. The van der Waals surface area contributed by atoms with Gasteiger partial charge in [-0.3, -0.25) is 0 Å². The summed E-state index contributed by atoms with van der Waals surface area (Å²) in [4.78, 5) is 9.05. The van der Waals surface area contributed by atoms with E-state index in [-0.39, 0.29) is 5.82 Å². The van der Waals surface area contributed by atoms with E-state index in [1.54, 1.807) is 30.3 Å². The first-order valence-electron chi connectivity index (χ1n) is 11.2. The summed E-state index contributed by atoms with van der Waals surface area (Å²) in [6.45, 7) is 4.00. The van der Waals surface area contributed by atoms with Gasteiger partial charge in [-0.2, -0.15) is 5.10 Å². The number of hydrogen-bond acceptors (Lipinski definition) is 6. The molecule has 174 valence electrons. The van der Waals surface area contributed by atoms with Crippen molar-refractivity contribution < 1.29 is 9.13 Å². The maximum absolute atomic E-state index is 13.9. The molecule has 1 saturated heterocycles. The molecule has 5 rings (SSSR count). The van der Waals surface area contributed by atoms with Gasteiger partial charge in [0, 0.05) is 60.8 Å². The third-order valence-corrected chi connectivity index (χ3v) is 6.24. The Morgan fingerprint density at radius 3 is 2.50 bits per heavy atom. The number of ether oxygens (including phenoxy) is 1. The summed E-state index contributed by atoms with van der Waals surface area (Å²) in [5.74, 6) is 0.814. The number of hydrogen-bond donors (Lipinski definition) is 1. The molecule has 3 heterocycles. The van der Waals surface area contributed by atoms with Crippen LogP contribution in [0.3, 0.4) is 0 Å². The van der Waals surface area contributed by atoms with Crippen molar-refractivity contribution in [1.82, 2.24) is 19.7 Å². The zero-order valence-corrected chi connectivity index (χ0v) is 19.3. The number of anilines is 2. The average molecular weight is 459 g/mol. The number of methoxy groups -OCH3 is 1. The second-order valence-electron chi connectivity index (χ2n) is 8.44. The fraction of sp³-hybridized carbons (Fsp3) is 0.231. The van der Waals surface area contributed by atoms with Crippen molar-refractivity contribution in [3.05, 3.63) is 72.8 Å². The predicted octanol–water partition coefficient (Wildman–Crippen LogP) is 4.08. The topological polar surface area (TPSA) is 72.4 Å². The van der Waals surface area contributed by atoms with Crippen LogP contribution >= 0.6 is 0 Å². The third kappa shape index (κ3) is 4.20. The molecule has 4 aromatic rings. The predicted molar refractivity (Wildman–Crippen MR) is 133 cm³/mol. The number of likely N-dealkylation sites (N-methyl/N-ethyl adjacent to an activating group) is 1. The minimum Gasteiger partial charge on any atom is -0.496 e. The van der Waals surface area contributed by atoms with E-state index in [1.807, 2.05) is 18.2 Å². The lowest BCUT2D eigenvalue weighted by molar-refractivity contribution is 0.312. The first kappa shape index (κ1) is 21.9. The Labute approximate surface area is 198 Å². The molecule has 0 saturated carbocycles. The molecule has 0 spiro atoms. The van der Waals surface area contributed by atoms with Gasteiger partial charge in [0.2, 0.25) is 0 Å². The molecule has 0 radical (unpaired) electrons. The molecule has 8 heteroatoms. The third-order valence-electron chi connectivity index (χ3n) is 6.24. The van der Waals surface area contributed by atoms with Crippen molar-refractivity contribution in [3.8, 4) is 33.8 Å². The summed E-state index contributed by atoms with van der Waals surface area (Å²) >= 11 is 0. The number of pyridine rings is 1. The van der Waals surface area contributed by atoms with E-state index in [1.165, 1.54) is 12.1 Å². The summed E-state index contributed by atoms with van der Waals surface area (Å²) in [6.07, 6.45) is 3.44. The molecular weight excluding hydrogens is 431 g/mol. The zero-order chi connectivity index (χ0) is 23.7. The van der Waals surface area contributed by atoms with Crippen LogP contribution in [0.25, 0.3) is 28.1 Å². The number of nitrogens with two attached hydrogens (primary N) is 1. The second-order valence-corrected chi connectivity index (χ2v) is 8.44. The van der Waals surface area contributed by atoms with Crippen molar-refractivity contribution in [2.24, 2.45) is 0 Å². The van der Waals surface area contributed by atoms with Crippen molar-refractivity contribution >= 4 is 11.5 Å². The van der Waals surface area contributed by atoms with Crippen LogP contribution in [-0.2, 0) is 0 Å². The molecule has 7 nitrogen and oxygen atoms in total. The monoisotopic (exact) mass is 458 g/mol. The molecule has 2 aromatic heterocycles. The SMILES string of the molecule is COc1cc(N2CCN(C)CC2)ccc1-c1cnc(N)cc1-c1ccnn1-c1cccc(F)c1. The fourth-order valence-electron chi connectivity index (χ4n) is 4.38. The van der Waals surface area contributed by atoms with Gasteiger partial charge in [0.15, 0.2) is 0 Å². The van der Waals surface area contributed by atoms with Crippen molar-refractivity contribution in [3.63, 3.8) is 0 Å². The molecule has 0 atom stereocenters. The number of aromatic nitrogens is 3. The molecule has 0 aliphatic carbocycles. The summed E-state index contributed by atoms with van der Waals surface area (Å²) in [6, 6.07) is 16.3. The van der Waals surface area contributed by atoms with Gasteiger partial charge in [-0.1, -0.05) is 6.07 Å². The van der Waals surface area contributed by atoms with Gasteiger partial charge in [0.1, 0.15) is 17.4 Å². The summed E-state index contributed by atoms with van der Waals surface area (Å²) in [5, 5.41) is 4.44. The zero-order valence-electron chi connectivity index (χ0n) is 19.3. The lowest BCUT2D eigenvalue weighted by Crippen LogP contribution is -2.44. The summed E-state index contributed by atoms with van der Waals surface area (Å²) in [7, 11) is 3.82. The van der Waals surface area contributed by atoms with Crippen LogP contribution in [0.2, 0.25) is 0 Å². The lowest BCUT2D eigenvalue weighted by atomic mass is 9.98. The number of nitrogen functional groups attached to an aromatic ring is 1. The standard InChI is InChI=1S/C26H27FN6O/c1-31-10-12-32(13-11-31)19-6-7-21(25(15-19)34-2)23-17-29-26(28)16-22(23)24-8-9-30-33(24)20-5-3-4-18(27)14-20/h3-9,14-17H,10-13H2,1-2H3,(H2,28,29). The van der Waals surface area contributed by atoms with Gasteiger partial charge >= 0.3 is 0 Å². The van der Waals surface area contributed by atoms with Crippen LogP contribution < -0.4 is 15.4 Å². The Morgan fingerprint density at radius 2 is 1.74 bits per heavy atom. The number of rotatable bonds is 5. The second kappa shape index (κ2) is 9.15. The Kier molecular flexibility index (Phi) is 5.90. The fourth-order valence-corrected chi connectivity index (χ4v) is 4.38. The van der Waals surface area contributed by atoms with Crippen LogP contribution in [0, 0.1) is 5.82 Å². The number of nitrogens with zero attached hydrogens (tertiary/aromatic N) is 5. The minimum atomic E-state index is -0.324. The highest BCUT2D eigenvalue weighted by atomic mass is 19.1. The number of piperazine rings is 1. The molecule has 2 N–H and O–H groups in total. The van der Waals surface area contributed by atoms with Crippen LogP contribution in [0.5, 0.6) is 5.75 Å². The summed E-state index contributed by atoms with van der Waals surface area (Å²) < 4.78 is 21.4. The van der Waals surface area contributed by atoms with E-state index < -0.39 is 0 Å². The molecule has 2 aromatic carbocycles.